The topological polar surface area (TPSA) is 237 Å². The number of nitrogens with zero attached hydrogens (tertiary/aromatic N) is 4. The molecule has 0 amide bonds. The predicted molar refractivity (Wildman–Crippen MR) is 84.4 cm³/mol. The van der Waals surface area contributed by atoms with Gasteiger partial charge in [0.1, 0.15) is 19.3 Å². The largest absolute Gasteiger partial charge is 0.502 e. The number of hydrogen-bond donors (Lipinski definition) is 6. The average Bonchev–Trinajstić information content (AvgIpc) is 3.07. The van der Waals surface area contributed by atoms with Crippen LogP contribution in [0.1, 0.15) is 5.76 Å². The van der Waals surface area contributed by atoms with Gasteiger partial charge in [-0.2, -0.15) is 4.31 Å². The summed E-state index contributed by atoms with van der Waals surface area (Å²) in [5.41, 5.74) is 5.94. The second kappa shape index (κ2) is 6.58. The maximum atomic E-state index is 11.4. The van der Waals surface area contributed by atoms with Crippen molar-refractivity contribution in [2.45, 2.75) is 6.61 Å². The molecule has 3 rings (SSSR count). The summed E-state index contributed by atoms with van der Waals surface area (Å²) in [4.78, 5) is 37.9. The lowest BCUT2D eigenvalue weighted by Crippen LogP contribution is -1.96. The summed E-state index contributed by atoms with van der Waals surface area (Å²) in [5, 5.41) is 19.9. The Kier molecular flexibility index (Phi) is 4.69. The fourth-order valence-electron chi connectivity index (χ4n) is 2.01. The third-order valence-electron chi connectivity index (χ3n) is 3.06. The number of fused-ring (bicyclic) bond motifs is 1. The minimum Gasteiger partial charge on any atom is -0.502 e. The lowest BCUT2D eigenvalue weighted by atomic mass is 10.4. The number of phosphoric acid groups is 2. The summed E-state index contributed by atoms with van der Waals surface area (Å²) in [5.74, 6) is -2.52. The van der Waals surface area contributed by atoms with Gasteiger partial charge in [-0.1, -0.05) is 0 Å². The molecule has 0 spiro atoms. The number of phosphoric ester groups is 1. The Morgan fingerprint density at radius 1 is 1.15 bits per heavy atom. The van der Waals surface area contributed by atoms with Crippen LogP contribution in [0.25, 0.3) is 17.0 Å². The highest BCUT2D eigenvalue weighted by atomic mass is 31.3. The van der Waals surface area contributed by atoms with Crippen LogP contribution < -0.4 is 5.73 Å². The fourth-order valence-corrected chi connectivity index (χ4v) is 3.55. The van der Waals surface area contributed by atoms with Gasteiger partial charge in [-0.25, -0.2) is 28.6 Å². The third-order valence-corrected chi connectivity index (χ3v) is 5.19. The molecule has 1 unspecified atom stereocenters. The Hall–Kier alpha value is -2.51. The normalized spacial score (nSPS) is 14.5. The highest BCUT2D eigenvalue weighted by Gasteiger charge is 2.34. The van der Waals surface area contributed by atoms with Crippen LogP contribution in [0.5, 0.6) is 11.5 Å². The van der Waals surface area contributed by atoms with Crippen LogP contribution in [0.15, 0.2) is 17.1 Å². The van der Waals surface area contributed by atoms with Gasteiger partial charge < -0.3 is 35.0 Å². The van der Waals surface area contributed by atoms with E-state index in [-0.39, 0.29) is 22.9 Å². The van der Waals surface area contributed by atoms with Gasteiger partial charge in [0.05, 0.1) is 0 Å². The van der Waals surface area contributed by atoms with Gasteiger partial charge in [-0.3, -0.25) is 4.52 Å². The standard InChI is InChI=1S/C10H11N5O10P2/c11-8-5-9(13-2-12-8)15(3-14-5)10-7(17)6(16)4(24-10)1-23-27(21,22)25-26(18,19)20/h2-3,16-17H,1H2,(H,21,22)(H2,11,12,13)(H2,18,19,20). The van der Waals surface area contributed by atoms with Crippen molar-refractivity contribution in [2.75, 3.05) is 5.73 Å². The SMILES string of the molecule is Nc1ncnc2c1ncn2-c1oc(COP(=O)(O)OP(=O)(O)O)c(O)c1O. The molecule has 0 aliphatic carbocycles. The number of nitrogen functional groups attached to an aromatic ring is 1. The van der Waals surface area contributed by atoms with E-state index < -0.39 is 39.5 Å². The van der Waals surface area contributed by atoms with Crippen molar-refractivity contribution in [1.29, 1.82) is 0 Å². The Morgan fingerprint density at radius 3 is 2.52 bits per heavy atom. The molecule has 3 aromatic heterocycles. The molecule has 0 aromatic carbocycles. The molecule has 0 bridgehead atoms. The zero-order valence-corrected chi connectivity index (χ0v) is 14.7. The molecule has 17 heteroatoms. The molecule has 3 aromatic rings. The summed E-state index contributed by atoms with van der Waals surface area (Å²) >= 11 is 0. The van der Waals surface area contributed by atoms with Gasteiger partial charge in [-0.15, -0.1) is 0 Å². The molecule has 0 aliphatic rings. The Balaban J connectivity index is 1.91. The van der Waals surface area contributed by atoms with Crippen LogP contribution >= 0.6 is 15.6 Å². The Morgan fingerprint density at radius 2 is 1.85 bits per heavy atom. The zero-order valence-electron chi connectivity index (χ0n) is 12.9. The molecule has 0 fully saturated rings. The van der Waals surface area contributed by atoms with Crippen LogP contribution in [0.4, 0.5) is 5.82 Å². The Bertz CT molecular complexity index is 1100. The number of aromatic nitrogens is 4. The van der Waals surface area contributed by atoms with Crippen molar-refractivity contribution in [3.63, 3.8) is 0 Å². The van der Waals surface area contributed by atoms with Gasteiger partial charge in [0.25, 0.3) is 5.88 Å². The molecule has 3 heterocycles. The molecule has 0 saturated heterocycles. The van der Waals surface area contributed by atoms with E-state index in [1.165, 1.54) is 0 Å². The van der Waals surface area contributed by atoms with E-state index in [1.807, 2.05) is 0 Å². The lowest BCUT2D eigenvalue weighted by molar-refractivity contribution is 0.160. The van der Waals surface area contributed by atoms with Gasteiger partial charge >= 0.3 is 15.6 Å². The van der Waals surface area contributed by atoms with E-state index >= 15 is 0 Å². The van der Waals surface area contributed by atoms with E-state index in [1.54, 1.807) is 0 Å². The number of anilines is 1. The first-order chi connectivity index (χ1) is 12.5. The zero-order chi connectivity index (χ0) is 20.0. The third kappa shape index (κ3) is 3.94. The summed E-state index contributed by atoms with van der Waals surface area (Å²) in [6.45, 7) is -0.975. The number of imidazole rings is 1. The van der Waals surface area contributed by atoms with Crippen molar-refractivity contribution >= 4 is 32.6 Å². The number of furan rings is 1. The number of rotatable bonds is 6. The van der Waals surface area contributed by atoms with E-state index in [9.17, 15) is 24.2 Å². The van der Waals surface area contributed by atoms with E-state index in [2.05, 4.69) is 23.8 Å². The minimum absolute atomic E-state index is 0.0494. The van der Waals surface area contributed by atoms with Gasteiger partial charge in [-0.05, 0) is 0 Å². The quantitative estimate of drug-likeness (QED) is 0.289. The van der Waals surface area contributed by atoms with Crippen LogP contribution in [-0.4, -0.2) is 44.4 Å². The molecule has 15 nitrogen and oxygen atoms in total. The van der Waals surface area contributed by atoms with E-state index in [0.717, 1.165) is 17.2 Å². The van der Waals surface area contributed by atoms with Gasteiger partial charge in [0.2, 0.25) is 11.5 Å². The summed E-state index contributed by atoms with van der Waals surface area (Å²) < 4.78 is 36.2. The van der Waals surface area contributed by atoms with Crippen LogP contribution in [-0.2, 0) is 24.6 Å². The molecule has 146 valence electrons. The average molecular weight is 423 g/mol. The van der Waals surface area contributed by atoms with Crippen LogP contribution in [0, 0.1) is 0 Å². The van der Waals surface area contributed by atoms with Crippen molar-refractivity contribution in [3.8, 4) is 17.4 Å². The smallest absolute Gasteiger partial charge is 0.481 e. The summed E-state index contributed by atoms with van der Waals surface area (Å²) in [7, 11) is -10.5. The Labute approximate surface area is 148 Å². The monoisotopic (exact) mass is 423 g/mol. The first kappa shape index (κ1) is 19.3. The number of nitrogens with two attached hydrogens (primary N) is 1. The van der Waals surface area contributed by atoms with E-state index in [4.69, 9.17) is 19.9 Å². The van der Waals surface area contributed by atoms with Crippen molar-refractivity contribution in [2.24, 2.45) is 0 Å². The molecule has 7 N–H and O–H groups in total. The minimum atomic E-state index is -5.32. The molecule has 0 saturated carbocycles. The highest BCUT2D eigenvalue weighted by molar-refractivity contribution is 7.60. The van der Waals surface area contributed by atoms with E-state index in [0.29, 0.717) is 0 Å². The van der Waals surface area contributed by atoms with Crippen molar-refractivity contribution in [1.82, 2.24) is 19.5 Å². The number of aromatic hydroxyl groups is 2. The summed E-state index contributed by atoms with van der Waals surface area (Å²) in [6.07, 6.45) is 2.29. The molecular weight excluding hydrogens is 412 g/mol. The second-order valence-electron chi connectivity index (χ2n) is 4.89. The van der Waals surface area contributed by atoms with Gasteiger partial charge in [0, 0.05) is 0 Å². The van der Waals surface area contributed by atoms with Crippen LogP contribution in [0.2, 0.25) is 0 Å². The first-order valence-corrected chi connectivity index (χ1v) is 9.73. The molecule has 1 atom stereocenters. The fraction of sp³-hybridized carbons (Fsp3) is 0.100. The second-order valence-corrected chi connectivity index (χ2v) is 7.72. The number of hydrogen-bond acceptors (Lipinski definition) is 11. The molecule has 0 radical (unpaired) electrons. The maximum absolute atomic E-state index is 11.4. The molecular formula is C10H11N5O10P2. The molecule has 27 heavy (non-hydrogen) atoms. The summed E-state index contributed by atoms with van der Waals surface area (Å²) in [6, 6.07) is 0. The molecule has 0 aliphatic heterocycles. The van der Waals surface area contributed by atoms with Crippen molar-refractivity contribution < 1.29 is 47.3 Å². The maximum Gasteiger partial charge on any atom is 0.481 e. The predicted octanol–water partition coefficient (Wildman–Crippen LogP) is 0.128. The van der Waals surface area contributed by atoms with Gasteiger partial charge in [0.15, 0.2) is 22.7 Å². The first-order valence-electron chi connectivity index (χ1n) is 6.70. The highest BCUT2D eigenvalue weighted by Crippen LogP contribution is 2.58. The van der Waals surface area contributed by atoms with Crippen LogP contribution in [0.3, 0.4) is 0 Å². The van der Waals surface area contributed by atoms with Crippen molar-refractivity contribution in [3.05, 3.63) is 18.4 Å². The lowest BCUT2D eigenvalue weighted by Gasteiger charge is -2.11.